The number of carboxylic acids is 1. The molecule has 150 valence electrons. The third-order valence-electron chi connectivity index (χ3n) is 4.73. The lowest BCUT2D eigenvalue weighted by Gasteiger charge is -2.27. The highest BCUT2D eigenvalue weighted by molar-refractivity contribution is 5.74. The van der Waals surface area contributed by atoms with Crippen molar-refractivity contribution in [3.63, 3.8) is 0 Å². The van der Waals surface area contributed by atoms with Gasteiger partial charge in [0.05, 0.1) is 12.0 Å². The van der Waals surface area contributed by atoms with Crippen LogP contribution in [-0.4, -0.2) is 63.9 Å². The summed E-state index contributed by atoms with van der Waals surface area (Å²) < 4.78 is 0. The number of nitrogens with one attached hydrogen (secondary N) is 2. The Balaban J connectivity index is 1.78. The van der Waals surface area contributed by atoms with Gasteiger partial charge in [-0.25, -0.2) is 9.78 Å². The van der Waals surface area contributed by atoms with E-state index in [-0.39, 0.29) is 18.9 Å². The van der Waals surface area contributed by atoms with E-state index in [1.165, 1.54) is 12.5 Å². The van der Waals surface area contributed by atoms with Crippen LogP contribution in [0.2, 0.25) is 0 Å². The van der Waals surface area contributed by atoms with E-state index in [2.05, 4.69) is 21.7 Å². The number of hydrogen-bond acceptors (Lipinski definition) is 5. The SMILES string of the molecule is CCN(CCC(C)(O)CC(=O)O)C(=O)NCCc1ccc2c(n1)NCCC2. The van der Waals surface area contributed by atoms with Crippen molar-refractivity contribution in [3.05, 3.63) is 23.4 Å². The minimum absolute atomic E-state index is 0.207. The van der Waals surface area contributed by atoms with Crippen molar-refractivity contribution in [1.29, 1.82) is 0 Å². The number of aliphatic hydroxyl groups is 1. The highest BCUT2D eigenvalue weighted by atomic mass is 16.4. The quantitative estimate of drug-likeness (QED) is 0.519. The van der Waals surface area contributed by atoms with Crippen LogP contribution in [0.25, 0.3) is 0 Å². The molecule has 27 heavy (non-hydrogen) atoms. The van der Waals surface area contributed by atoms with Crippen molar-refractivity contribution in [2.75, 3.05) is 31.5 Å². The molecule has 0 saturated heterocycles. The standard InChI is InChI=1S/C19H30N4O4/c1-3-23(12-9-19(2,27)13-16(24)25)18(26)21-11-8-15-7-6-14-5-4-10-20-17(14)22-15/h6-7,27H,3-5,8-13H2,1-2H3,(H,20,22)(H,21,26)(H,24,25). The van der Waals surface area contributed by atoms with Crippen molar-refractivity contribution in [1.82, 2.24) is 15.2 Å². The van der Waals surface area contributed by atoms with Crippen LogP contribution < -0.4 is 10.6 Å². The Bertz CT molecular complexity index is 663. The van der Waals surface area contributed by atoms with Crippen LogP contribution in [0.4, 0.5) is 10.6 Å². The molecule has 1 aromatic heterocycles. The zero-order valence-electron chi connectivity index (χ0n) is 16.1. The number of rotatable bonds is 9. The number of hydrogen-bond donors (Lipinski definition) is 4. The molecule has 0 aliphatic carbocycles. The molecule has 0 aromatic carbocycles. The second-order valence-electron chi connectivity index (χ2n) is 7.22. The molecular formula is C19H30N4O4. The summed E-state index contributed by atoms with van der Waals surface area (Å²) in [5.74, 6) is -0.111. The van der Waals surface area contributed by atoms with E-state index >= 15 is 0 Å². The van der Waals surface area contributed by atoms with Crippen molar-refractivity contribution < 1.29 is 19.8 Å². The fourth-order valence-electron chi connectivity index (χ4n) is 3.11. The van der Waals surface area contributed by atoms with Gasteiger partial charge in [0.15, 0.2) is 0 Å². The zero-order chi connectivity index (χ0) is 19.9. The van der Waals surface area contributed by atoms with Gasteiger partial charge in [0, 0.05) is 38.3 Å². The van der Waals surface area contributed by atoms with E-state index in [4.69, 9.17) is 5.11 Å². The van der Waals surface area contributed by atoms with E-state index < -0.39 is 11.6 Å². The van der Waals surface area contributed by atoms with E-state index in [0.29, 0.717) is 26.1 Å². The molecule has 1 aromatic rings. The summed E-state index contributed by atoms with van der Waals surface area (Å²) in [4.78, 5) is 29.3. The number of carbonyl (C=O) groups excluding carboxylic acids is 1. The van der Waals surface area contributed by atoms with Gasteiger partial charge in [-0.15, -0.1) is 0 Å². The average molecular weight is 378 g/mol. The number of amides is 2. The summed E-state index contributed by atoms with van der Waals surface area (Å²) >= 11 is 0. The van der Waals surface area contributed by atoms with Gasteiger partial charge in [-0.1, -0.05) is 6.07 Å². The number of carboxylic acid groups (broad SMARTS) is 1. The number of aromatic nitrogens is 1. The number of aliphatic carboxylic acids is 1. The molecule has 8 heteroatoms. The Kier molecular flexibility index (Phi) is 7.41. The van der Waals surface area contributed by atoms with Gasteiger partial charge in [0.2, 0.25) is 0 Å². The van der Waals surface area contributed by atoms with E-state index in [0.717, 1.165) is 30.9 Å². The summed E-state index contributed by atoms with van der Waals surface area (Å²) in [5, 5.41) is 25.1. The predicted octanol–water partition coefficient (Wildman–Crippen LogP) is 1.63. The normalized spacial score (nSPS) is 15.2. The first-order valence-corrected chi connectivity index (χ1v) is 9.50. The van der Waals surface area contributed by atoms with Crippen molar-refractivity contribution in [2.24, 2.45) is 0 Å². The Morgan fingerprint density at radius 1 is 1.41 bits per heavy atom. The third kappa shape index (κ3) is 6.71. The zero-order valence-corrected chi connectivity index (χ0v) is 16.1. The van der Waals surface area contributed by atoms with Gasteiger partial charge in [-0.3, -0.25) is 4.79 Å². The van der Waals surface area contributed by atoms with Gasteiger partial charge in [0.1, 0.15) is 5.82 Å². The molecule has 8 nitrogen and oxygen atoms in total. The number of urea groups is 1. The third-order valence-corrected chi connectivity index (χ3v) is 4.73. The molecule has 1 atom stereocenters. The maximum Gasteiger partial charge on any atom is 0.317 e. The lowest BCUT2D eigenvalue weighted by atomic mass is 9.98. The molecule has 0 radical (unpaired) electrons. The summed E-state index contributed by atoms with van der Waals surface area (Å²) in [5.41, 5.74) is 0.829. The molecule has 2 rings (SSSR count). The predicted molar refractivity (Wildman–Crippen MR) is 103 cm³/mol. The van der Waals surface area contributed by atoms with E-state index in [9.17, 15) is 14.7 Å². The fourth-order valence-corrected chi connectivity index (χ4v) is 3.11. The van der Waals surface area contributed by atoms with Crippen molar-refractivity contribution in [2.45, 2.75) is 51.6 Å². The lowest BCUT2D eigenvalue weighted by Crippen LogP contribution is -2.43. The van der Waals surface area contributed by atoms with Crippen LogP contribution in [0.3, 0.4) is 0 Å². The minimum atomic E-state index is -1.33. The largest absolute Gasteiger partial charge is 0.481 e. The second kappa shape index (κ2) is 9.55. The monoisotopic (exact) mass is 378 g/mol. The average Bonchev–Trinajstić information content (AvgIpc) is 2.61. The van der Waals surface area contributed by atoms with Crippen LogP contribution in [0.5, 0.6) is 0 Å². The van der Waals surface area contributed by atoms with Gasteiger partial charge >= 0.3 is 12.0 Å². The van der Waals surface area contributed by atoms with Crippen molar-refractivity contribution >= 4 is 17.8 Å². The molecule has 1 unspecified atom stereocenters. The first-order chi connectivity index (χ1) is 12.8. The first kappa shape index (κ1) is 21.0. The molecular weight excluding hydrogens is 348 g/mol. The molecule has 1 aliphatic heterocycles. The smallest absolute Gasteiger partial charge is 0.317 e. The number of pyridine rings is 1. The Hall–Kier alpha value is -2.35. The molecule has 0 spiro atoms. The molecule has 4 N–H and O–H groups in total. The minimum Gasteiger partial charge on any atom is -0.481 e. The number of nitrogens with zero attached hydrogens (tertiary/aromatic N) is 2. The van der Waals surface area contributed by atoms with Crippen LogP contribution in [0.15, 0.2) is 12.1 Å². The van der Waals surface area contributed by atoms with Crippen molar-refractivity contribution in [3.8, 4) is 0 Å². The maximum atomic E-state index is 12.3. The molecule has 1 aliphatic rings. The Labute approximate surface area is 160 Å². The highest BCUT2D eigenvalue weighted by Crippen LogP contribution is 2.19. The summed E-state index contributed by atoms with van der Waals surface area (Å²) in [6.07, 6.45) is 2.66. The highest BCUT2D eigenvalue weighted by Gasteiger charge is 2.25. The molecule has 2 heterocycles. The van der Waals surface area contributed by atoms with Crippen LogP contribution >= 0.6 is 0 Å². The van der Waals surface area contributed by atoms with Gasteiger partial charge in [0.25, 0.3) is 0 Å². The summed E-state index contributed by atoms with van der Waals surface area (Å²) in [6, 6.07) is 3.87. The molecule has 2 amide bonds. The number of fused-ring (bicyclic) bond motifs is 1. The van der Waals surface area contributed by atoms with Crippen LogP contribution in [0, 0.1) is 0 Å². The maximum absolute atomic E-state index is 12.3. The van der Waals surface area contributed by atoms with Crippen LogP contribution in [0.1, 0.15) is 44.4 Å². The van der Waals surface area contributed by atoms with Gasteiger partial charge < -0.3 is 25.7 Å². The van der Waals surface area contributed by atoms with E-state index in [1.54, 1.807) is 4.90 Å². The van der Waals surface area contributed by atoms with Gasteiger partial charge in [-0.2, -0.15) is 0 Å². The fraction of sp³-hybridized carbons (Fsp3) is 0.632. The Morgan fingerprint density at radius 3 is 2.89 bits per heavy atom. The number of anilines is 1. The molecule has 0 fully saturated rings. The lowest BCUT2D eigenvalue weighted by molar-refractivity contribution is -0.142. The topological polar surface area (TPSA) is 115 Å². The summed E-state index contributed by atoms with van der Waals surface area (Å²) in [7, 11) is 0. The summed E-state index contributed by atoms with van der Waals surface area (Å²) in [6.45, 7) is 5.51. The number of carbonyl (C=O) groups is 2. The van der Waals surface area contributed by atoms with Gasteiger partial charge in [-0.05, 0) is 44.7 Å². The second-order valence-corrected chi connectivity index (χ2v) is 7.22. The van der Waals surface area contributed by atoms with Crippen LogP contribution in [-0.2, 0) is 17.6 Å². The number of aryl methyl sites for hydroxylation is 1. The molecule has 0 bridgehead atoms. The van der Waals surface area contributed by atoms with E-state index in [1.807, 2.05) is 13.0 Å². The first-order valence-electron chi connectivity index (χ1n) is 9.50. The Morgan fingerprint density at radius 2 is 2.19 bits per heavy atom. The molecule has 0 saturated carbocycles.